The highest BCUT2D eigenvalue weighted by molar-refractivity contribution is 4.85. The van der Waals surface area contributed by atoms with Gasteiger partial charge in [-0.2, -0.15) is 0 Å². The van der Waals surface area contributed by atoms with E-state index in [-0.39, 0.29) is 11.7 Å². The maximum atomic E-state index is 10.3. The molecule has 0 rings (SSSR count). The van der Waals surface area contributed by atoms with Gasteiger partial charge in [0, 0.05) is 7.11 Å². The average molecular weight is 272 g/mol. The molecule has 1 unspecified atom stereocenters. The van der Waals surface area contributed by atoms with Crippen LogP contribution in [-0.2, 0) is 4.74 Å². The Morgan fingerprint density at radius 1 is 0.842 bits per heavy atom. The summed E-state index contributed by atoms with van der Waals surface area (Å²) in [6, 6.07) is 0. The van der Waals surface area contributed by atoms with Gasteiger partial charge in [0.05, 0.1) is 11.7 Å². The summed E-state index contributed by atoms with van der Waals surface area (Å²) >= 11 is 0. The Morgan fingerprint density at radius 3 is 1.74 bits per heavy atom. The molecule has 116 valence electrons. The van der Waals surface area contributed by atoms with Gasteiger partial charge in [-0.05, 0) is 19.3 Å². The second-order valence-corrected chi connectivity index (χ2v) is 5.76. The van der Waals surface area contributed by atoms with E-state index in [1.807, 2.05) is 0 Å². The van der Waals surface area contributed by atoms with Crippen molar-refractivity contribution < 1.29 is 9.84 Å². The summed E-state index contributed by atoms with van der Waals surface area (Å²) in [6.45, 7) is 6.46. The number of methoxy groups -OCH3 is 1. The standard InChI is InChI=1S/C17H36O2/c1-5-8-9-10-11-12-13-14-15-16(18)17(6-2,7-3)19-4/h16,18H,5-15H2,1-4H3. The Balaban J connectivity index is 3.64. The summed E-state index contributed by atoms with van der Waals surface area (Å²) in [5.41, 5.74) is -0.318. The van der Waals surface area contributed by atoms with E-state index in [4.69, 9.17) is 4.74 Å². The van der Waals surface area contributed by atoms with E-state index in [0.29, 0.717) is 0 Å². The quantitative estimate of drug-likeness (QED) is 0.474. The summed E-state index contributed by atoms with van der Waals surface area (Å²) in [6.07, 6.45) is 12.8. The van der Waals surface area contributed by atoms with Crippen molar-refractivity contribution in [2.75, 3.05) is 7.11 Å². The monoisotopic (exact) mass is 272 g/mol. The van der Waals surface area contributed by atoms with Crippen molar-refractivity contribution in [3.8, 4) is 0 Å². The van der Waals surface area contributed by atoms with Crippen LogP contribution in [0, 0.1) is 0 Å². The first-order valence-electron chi connectivity index (χ1n) is 8.40. The first-order valence-corrected chi connectivity index (χ1v) is 8.40. The third kappa shape index (κ3) is 7.31. The molecule has 0 aliphatic carbocycles. The molecule has 0 saturated carbocycles. The van der Waals surface area contributed by atoms with Gasteiger partial charge < -0.3 is 9.84 Å². The van der Waals surface area contributed by atoms with Crippen LogP contribution >= 0.6 is 0 Å². The van der Waals surface area contributed by atoms with Gasteiger partial charge in [0.1, 0.15) is 0 Å². The minimum atomic E-state index is -0.318. The van der Waals surface area contributed by atoms with Gasteiger partial charge in [-0.3, -0.25) is 0 Å². The lowest BCUT2D eigenvalue weighted by Gasteiger charge is -2.35. The van der Waals surface area contributed by atoms with Gasteiger partial charge >= 0.3 is 0 Å². The molecule has 1 atom stereocenters. The smallest absolute Gasteiger partial charge is 0.0931 e. The number of unbranched alkanes of at least 4 members (excludes halogenated alkanes) is 7. The van der Waals surface area contributed by atoms with Gasteiger partial charge in [-0.1, -0.05) is 72.1 Å². The molecule has 0 aliphatic heterocycles. The molecule has 0 spiro atoms. The van der Waals surface area contributed by atoms with Crippen molar-refractivity contribution in [3.63, 3.8) is 0 Å². The zero-order chi connectivity index (χ0) is 14.6. The first-order chi connectivity index (χ1) is 9.16. The van der Waals surface area contributed by atoms with Gasteiger partial charge in [0.2, 0.25) is 0 Å². The lowest BCUT2D eigenvalue weighted by Crippen LogP contribution is -2.43. The normalized spacial score (nSPS) is 13.7. The molecule has 0 fully saturated rings. The van der Waals surface area contributed by atoms with E-state index in [1.54, 1.807) is 7.11 Å². The topological polar surface area (TPSA) is 29.5 Å². The van der Waals surface area contributed by atoms with Crippen molar-refractivity contribution in [2.24, 2.45) is 0 Å². The molecule has 2 heteroatoms. The maximum Gasteiger partial charge on any atom is 0.0931 e. The van der Waals surface area contributed by atoms with Gasteiger partial charge in [-0.15, -0.1) is 0 Å². The summed E-state index contributed by atoms with van der Waals surface area (Å²) in [7, 11) is 1.73. The average Bonchev–Trinajstić information content (AvgIpc) is 2.44. The second-order valence-electron chi connectivity index (χ2n) is 5.76. The number of ether oxygens (including phenoxy) is 1. The molecule has 0 aromatic heterocycles. The molecule has 0 aliphatic rings. The van der Waals surface area contributed by atoms with E-state index < -0.39 is 0 Å². The van der Waals surface area contributed by atoms with Crippen molar-refractivity contribution in [3.05, 3.63) is 0 Å². The van der Waals surface area contributed by atoms with E-state index in [1.165, 1.54) is 44.9 Å². The third-order valence-corrected chi connectivity index (χ3v) is 4.54. The molecule has 0 heterocycles. The molecule has 0 saturated heterocycles. The SMILES string of the molecule is CCCCCCCCCCC(O)C(CC)(CC)OC. The van der Waals surface area contributed by atoms with E-state index in [9.17, 15) is 5.11 Å². The largest absolute Gasteiger partial charge is 0.390 e. The summed E-state index contributed by atoms with van der Waals surface area (Å²) in [5.74, 6) is 0. The van der Waals surface area contributed by atoms with Crippen LogP contribution in [0.1, 0.15) is 91.4 Å². The van der Waals surface area contributed by atoms with Crippen LogP contribution in [-0.4, -0.2) is 23.9 Å². The van der Waals surface area contributed by atoms with Gasteiger partial charge in [-0.25, -0.2) is 0 Å². The fourth-order valence-corrected chi connectivity index (χ4v) is 2.88. The molecule has 0 radical (unpaired) electrons. The molecular formula is C17H36O2. The molecule has 2 nitrogen and oxygen atoms in total. The Kier molecular flexibility index (Phi) is 11.7. The molecule has 1 N–H and O–H groups in total. The van der Waals surface area contributed by atoms with Crippen LogP contribution in [0.5, 0.6) is 0 Å². The second kappa shape index (κ2) is 11.7. The van der Waals surface area contributed by atoms with Crippen molar-refractivity contribution >= 4 is 0 Å². The van der Waals surface area contributed by atoms with E-state index in [2.05, 4.69) is 20.8 Å². The van der Waals surface area contributed by atoms with Crippen LogP contribution in [0.4, 0.5) is 0 Å². The Morgan fingerprint density at radius 2 is 1.32 bits per heavy atom. The Bertz CT molecular complexity index is 179. The minimum absolute atomic E-state index is 0.312. The van der Waals surface area contributed by atoms with E-state index in [0.717, 1.165) is 25.7 Å². The van der Waals surface area contributed by atoms with Crippen molar-refractivity contribution in [2.45, 2.75) is 103 Å². The number of hydrogen-bond donors (Lipinski definition) is 1. The number of aliphatic hydroxyl groups excluding tert-OH is 1. The Labute approximate surface area is 120 Å². The van der Waals surface area contributed by atoms with Crippen LogP contribution in [0.3, 0.4) is 0 Å². The minimum Gasteiger partial charge on any atom is -0.390 e. The highest BCUT2D eigenvalue weighted by Gasteiger charge is 2.33. The first kappa shape index (κ1) is 18.9. The third-order valence-electron chi connectivity index (χ3n) is 4.54. The number of aliphatic hydroxyl groups is 1. The summed E-state index contributed by atoms with van der Waals surface area (Å²) in [4.78, 5) is 0. The van der Waals surface area contributed by atoms with Crippen molar-refractivity contribution in [1.29, 1.82) is 0 Å². The fourth-order valence-electron chi connectivity index (χ4n) is 2.88. The highest BCUT2D eigenvalue weighted by Crippen LogP contribution is 2.27. The maximum absolute atomic E-state index is 10.3. The molecule has 0 aromatic carbocycles. The molecule has 0 amide bonds. The van der Waals surface area contributed by atoms with Gasteiger partial charge in [0.15, 0.2) is 0 Å². The lowest BCUT2D eigenvalue weighted by atomic mass is 9.87. The van der Waals surface area contributed by atoms with Crippen molar-refractivity contribution in [1.82, 2.24) is 0 Å². The lowest BCUT2D eigenvalue weighted by molar-refractivity contribution is -0.110. The highest BCUT2D eigenvalue weighted by atomic mass is 16.5. The fraction of sp³-hybridized carbons (Fsp3) is 1.00. The number of rotatable bonds is 13. The Hall–Kier alpha value is -0.0800. The van der Waals surface area contributed by atoms with Crippen LogP contribution in [0.25, 0.3) is 0 Å². The van der Waals surface area contributed by atoms with Gasteiger partial charge in [0.25, 0.3) is 0 Å². The zero-order valence-corrected chi connectivity index (χ0v) is 13.7. The van der Waals surface area contributed by atoms with Crippen LogP contribution in [0.2, 0.25) is 0 Å². The molecular weight excluding hydrogens is 236 g/mol. The molecule has 0 bridgehead atoms. The summed E-state index contributed by atoms with van der Waals surface area (Å²) in [5, 5.41) is 10.3. The molecule has 19 heavy (non-hydrogen) atoms. The molecule has 0 aromatic rings. The predicted octanol–water partition coefficient (Wildman–Crippen LogP) is 5.08. The van der Waals surface area contributed by atoms with Crippen LogP contribution in [0.15, 0.2) is 0 Å². The van der Waals surface area contributed by atoms with E-state index >= 15 is 0 Å². The number of hydrogen-bond acceptors (Lipinski definition) is 2. The summed E-state index contributed by atoms with van der Waals surface area (Å²) < 4.78 is 5.57. The predicted molar refractivity (Wildman–Crippen MR) is 83.6 cm³/mol. The zero-order valence-electron chi connectivity index (χ0n) is 13.7. The van der Waals surface area contributed by atoms with Crippen LogP contribution < -0.4 is 0 Å².